The van der Waals surface area contributed by atoms with Crippen molar-refractivity contribution in [3.63, 3.8) is 0 Å². The lowest BCUT2D eigenvalue weighted by molar-refractivity contribution is 0.0988. The van der Waals surface area contributed by atoms with E-state index in [-0.39, 0.29) is 23.5 Å². The van der Waals surface area contributed by atoms with Crippen LogP contribution in [0.3, 0.4) is 0 Å². The van der Waals surface area contributed by atoms with Crippen molar-refractivity contribution < 1.29 is 13.2 Å². The average molecular weight is 386 g/mol. The van der Waals surface area contributed by atoms with E-state index in [0.29, 0.717) is 31.0 Å². The van der Waals surface area contributed by atoms with Crippen LogP contribution < -0.4 is 9.80 Å². The summed E-state index contributed by atoms with van der Waals surface area (Å²) in [6, 6.07) is 7.80. The van der Waals surface area contributed by atoms with Gasteiger partial charge in [0.25, 0.3) is 5.91 Å². The molecule has 142 valence electrons. The predicted molar refractivity (Wildman–Crippen MR) is 104 cm³/mol. The highest BCUT2D eigenvalue weighted by Crippen LogP contribution is 2.29. The molecule has 1 fully saturated rings. The quantitative estimate of drug-likeness (QED) is 0.795. The molecular weight excluding hydrogens is 364 g/mol. The van der Waals surface area contributed by atoms with E-state index < -0.39 is 9.84 Å². The zero-order valence-corrected chi connectivity index (χ0v) is 16.0. The topological polar surface area (TPSA) is 83.5 Å². The van der Waals surface area contributed by atoms with Gasteiger partial charge in [0, 0.05) is 37.2 Å². The molecule has 0 bridgehead atoms. The minimum absolute atomic E-state index is 0.105. The Morgan fingerprint density at radius 1 is 1.26 bits per heavy atom. The molecular formula is C19H22N4O3S. The molecule has 2 aliphatic heterocycles. The lowest BCUT2D eigenvalue weighted by atomic mass is 10.2. The minimum atomic E-state index is -2.98. The van der Waals surface area contributed by atoms with Crippen LogP contribution in [0.2, 0.25) is 0 Å². The maximum atomic E-state index is 12.9. The van der Waals surface area contributed by atoms with Crippen molar-refractivity contribution in [3.8, 4) is 0 Å². The Bertz CT molecular complexity index is 959. The molecule has 1 aromatic carbocycles. The normalized spacial score (nSPS) is 20.5. The number of anilines is 2. The summed E-state index contributed by atoms with van der Waals surface area (Å²) < 4.78 is 23.5. The number of fused-ring (bicyclic) bond motifs is 1. The molecule has 8 heteroatoms. The summed E-state index contributed by atoms with van der Waals surface area (Å²) in [7, 11) is -2.98. The van der Waals surface area contributed by atoms with E-state index >= 15 is 0 Å². The van der Waals surface area contributed by atoms with Crippen molar-refractivity contribution in [3.05, 3.63) is 47.8 Å². The Morgan fingerprint density at radius 3 is 2.67 bits per heavy atom. The molecule has 1 atom stereocenters. The fraction of sp³-hybridized carbons (Fsp3) is 0.421. The summed E-state index contributed by atoms with van der Waals surface area (Å²) in [5.74, 6) is 0.699. The van der Waals surface area contributed by atoms with Gasteiger partial charge < -0.3 is 9.80 Å². The second-order valence-electron chi connectivity index (χ2n) is 6.95. The van der Waals surface area contributed by atoms with Gasteiger partial charge in [0.15, 0.2) is 9.84 Å². The highest BCUT2D eigenvalue weighted by Gasteiger charge is 2.33. The number of nitrogens with zero attached hydrogens (tertiary/aromatic N) is 4. The maximum absolute atomic E-state index is 12.9. The molecule has 3 heterocycles. The Hall–Kier alpha value is -2.48. The molecule has 2 aromatic rings. The fourth-order valence-electron chi connectivity index (χ4n) is 3.87. The predicted octanol–water partition coefficient (Wildman–Crippen LogP) is 1.69. The van der Waals surface area contributed by atoms with Crippen molar-refractivity contribution in [1.29, 1.82) is 0 Å². The molecule has 7 nitrogen and oxygen atoms in total. The third-order valence-electron chi connectivity index (χ3n) is 5.26. The Balaban J connectivity index is 1.53. The molecule has 1 amide bonds. The van der Waals surface area contributed by atoms with Crippen molar-refractivity contribution >= 4 is 27.4 Å². The molecule has 4 rings (SSSR count). The van der Waals surface area contributed by atoms with Crippen LogP contribution in [0.25, 0.3) is 0 Å². The van der Waals surface area contributed by atoms with Crippen molar-refractivity contribution in [1.82, 2.24) is 9.97 Å². The van der Waals surface area contributed by atoms with E-state index in [1.54, 1.807) is 4.90 Å². The molecule has 1 unspecified atom stereocenters. The summed E-state index contributed by atoms with van der Waals surface area (Å²) in [5, 5.41) is 0. The van der Waals surface area contributed by atoms with E-state index in [9.17, 15) is 13.2 Å². The molecule has 0 radical (unpaired) electrons. The van der Waals surface area contributed by atoms with E-state index in [1.807, 2.05) is 36.1 Å². The Kier molecular flexibility index (Phi) is 4.59. The number of amides is 1. The second kappa shape index (κ2) is 6.92. The highest BCUT2D eigenvalue weighted by atomic mass is 32.2. The van der Waals surface area contributed by atoms with Crippen LogP contribution in [0.4, 0.5) is 11.6 Å². The fourth-order valence-corrected chi connectivity index (χ4v) is 5.60. The second-order valence-corrected chi connectivity index (χ2v) is 9.18. The molecule has 1 aromatic heterocycles. The molecule has 27 heavy (non-hydrogen) atoms. The van der Waals surface area contributed by atoms with Gasteiger partial charge in [0.1, 0.15) is 0 Å². The first-order valence-electron chi connectivity index (χ1n) is 9.17. The third kappa shape index (κ3) is 3.41. The number of sulfone groups is 1. The summed E-state index contributed by atoms with van der Waals surface area (Å²) in [5.41, 5.74) is 2.55. The number of para-hydroxylation sites is 1. The van der Waals surface area contributed by atoms with Crippen LogP contribution in [-0.4, -0.2) is 54.9 Å². The van der Waals surface area contributed by atoms with Crippen LogP contribution in [0.15, 0.2) is 36.7 Å². The van der Waals surface area contributed by atoms with Gasteiger partial charge in [0.2, 0.25) is 5.95 Å². The van der Waals surface area contributed by atoms with Crippen molar-refractivity contribution in [2.24, 2.45) is 0 Å². The standard InChI is InChI=1S/C19H22N4O3S/c1-2-22(16-8-10-27(25,26)13-16)19-20-11-15(12-21-19)18(24)23-9-7-14-5-3-4-6-17(14)23/h3-6,11-12,16H,2,7-10,13H2,1H3. The van der Waals surface area contributed by atoms with Gasteiger partial charge in [-0.25, -0.2) is 18.4 Å². The SMILES string of the molecule is CCN(c1ncc(C(=O)N2CCc3ccccc32)cn1)C1CCS(=O)(=O)C1. The summed E-state index contributed by atoms with van der Waals surface area (Å²) in [6.07, 6.45) is 4.51. The maximum Gasteiger partial charge on any atom is 0.261 e. The zero-order chi connectivity index (χ0) is 19.0. The van der Waals surface area contributed by atoms with Gasteiger partial charge in [-0.05, 0) is 31.4 Å². The third-order valence-corrected chi connectivity index (χ3v) is 7.01. The first-order valence-corrected chi connectivity index (χ1v) is 11.0. The van der Waals surface area contributed by atoms with E-state index in [4.69, 9.17) is 0 Å². The van der Waals surface area contributed by atoms with E-state index in [0.717, 1.165) is 12.1 Å². The first kappa shape index (κ1) is 17.9. The number of hydrogen-bond donors (Lipinski definition) is 0. The number of carbonyl (C=O) groups excluding carboxylic acids is 1. The summed E-state index contributed by atoms with van der Waals surface area (Å²) in [6.45, 7) is 3.22. The van der Waals surface area contributed by atoms with Gasteiger partial charge >= 0.3 is 0 Å². The average Bonchev–Trinajstić information content (AvgIpc) is 3.25. The molecule has 0 aliphatic carbocycles. The van der Waals surface area contributed by atoms with E-state index in [1.165, 1.54) is 18.0 Å². The number of benzene rings is 1. The number of aromatic nitrogens is 2. The van der Waals surface area contributed by atoms with Crippen molar-refractivity contribution in [2.75, 3.05) is 34.4 Å². The lowest BCUT2D eigenvalue weighted by Gasteiger charge is -2.26. The van der Waals surface area contributed by atoms with Crippen LogP contribution >= 0.6 is 0 Å². The smallest absolute Gasteiger partial charge is 0.261 e. The number of carbonyl (C=O) groups is 1. The van der Waals surface area contributed by atoms with Gasteiger partial charge in [-0.1, -0.05) is 18.2 Å². The molecule has 0 saturated carbocycles. The number of hydrogen-bond acceptors (Lipinski definition) is 6. The van der Waals surface area contributed by atoms with Gasteiger partial charge in [0.05, 0.1) is 17.1 Å². The molecule has 2 aliphatic rings. The van der Waals surface area contributed by atoms with Crippen LogP contribution in [0, 0.1) is 0 Å². The number of rotatable bonds is 4. The van der Waals surface area contributed by atoms with E-state index in [2.05, 4.69) is 9.97 Å². The zero-order valence-electron chi connectivity index (χ0n) is 15.2. The molecule has 0 spiro atoms. The molecule has 0 N–H and O–H groups in total. The van der Waals surface area contributed by atoms with Gasteiger partial charge in [-0.3, -0.25) is 4.79 Å². The minimum Gasteiger partial charge on any atom is -0.337 e. The highest BCUT2D eigenvalue weighted by molar-refractivity contribution is 7.91. The summed E-state index contributed by atoms with van der Waals surface area (Å²) in [4.78, 5) is 25.2. The molecule has 1 saturated heterocycles. The van der Waals surface area contributed by atoms with Gasteiger partial charge in [-0.15, -0.1) is 0 Å². The summed E-state index contributed by atoms with van der Waals surface area (Å²) >= 11 is 0. The lowest BCUT2D eigenvalue weighted by Crippen LogP contribution is -2.37. The Morgan fingerprint density at radius 2 is 2.00 bits per heavy atom. The van der Waals surface area contributed by atoms with Gasteiger partial charge in [-0.2, -0.15) is 0 Å². The Labute approximate surface area is 159 Å². The van der Waals surface area contributed by atoms with Crippen LogP contribution in [0.5, 0.6) is 0 Å². The monoisotopic (exact) mass is 386 g/mol. The largest absolute Gasteiger partial charge is 0.337 e. The first-order chi connectivity index (χ1) is 13.0. The van der Waals surface area contributed by atoms with Crippen molar-refractivity contribution in [2.45, 2.75) is 25.8 Å². The van der Waals surface area contributed by atoms with Crippen LogP contribution in [-0.2, 0) is 16.3 Å². The van der Waals surface area contributed by atoms with Crippen LogP contribution in [0.1, 0.15) is 29.3 Å².